The van der Waals surface area contributed by atoms with E-state index in [0.717, 1.165) is 0 Å². The van der Waals surface area contributed by atoms with Crippen molar-refractivity contribution in [3.05, 3.63) is 49.2 Å². The minimum atomic E-state index is 1.27. The average molecular weight is 170 g/mol. The first-order valence-corrected chi connectivity index (χ1v) is 3.94. The standard InChI is InChI=1S/C10H10N.CN/c1-11-8-4-6-9-5-2-3-7-10(9)11;1-2/h2-8H,1H3;/q+1;-1. The Labute approximate surface area is 77.7 Å². The summed E-state index contributed by atoms with van der Waals surface area (Å²) in [6, 6.07) is 12.5. The summed E-state index contributed by atoms with van der Waals surface area (Å²) >= 11 is 0. The highest BCUT2D eigenvalue weighted by Crippen LogP contribution is 2.06. The number of para-hydroxylation sites is 1. The molecule has 0 fully saturated rings. The van der Waals surface area contributed by atoms with Crippen molar-refractivity contribution >= 4 is 10.9 Å². The van der Waals surface area contributed by atoms with Crippen molar-refractivity contribution < 1.29 is 4.57 Å². The number of aryl methyl sites for hydroxylation is 1. The second-order valence-corrected chi connectivity index (χ2v) is 2.68. The Morgan fingerprint density at radius 1 is 1.08 bits per heavy atom. The van der Waals surface area contributed by atoms with E-state index < -0.39 is 0 Å². The van der Waals surface area contributed by atoms with E-state index in [9.17, 15) is 0 Å². The summed E-state index contributed by atoms with van der Waals surface area (Å²) in [6.07, 6.45) is 2.06. The first kappa shape index (κ1) is 9.21. The SMILES string of the molecule is C[n+]1cccc2ccccc21.[C-]#N. The highest BCUT2D eigenvalue weighted by atomic mass is 14.9. The number of nitrogens with zero attached hydrogens (tertiary/aromatic N) is 2. The smallest absolute Gasteiger partial charge is 0.212 e. The molecule has 0 aliphatic carbocycles. The van der Waals surface area contributed by atoms with Gasteiger partial charge in [-0.05, 0) is 12.1 Å². The topological polar surface area (TPSA) is 27.7 Å². The minimum absolute atomic E-state index is 1.27. The Morgan fingerprint density at radius 2 is 1.69 bits per heavy atom. The van der Waals surface area contributed by atoms with Gasteiger partial charge in [-0.15, -0.1) is 0 Å². The second kappa shape index (κ2) is 4.22. The Morgan fingerprint density at radius 3 is 2.38 bits per heavy atom. The van der Waals surface area contributed by atoms with Crippen LogP contribution in [-0.2, 0) is 7.05 Å². The molecule has 0 aliphatic heterocycles. The predicted molar refractivity (Wildman–Crippen MR) is 50.1 cm³/mol. The Bertz CT molecular complexity index is 413. The minimum Gasteiger partial charge on any atom is -0.512 e. The summed E-state index contributed by atoms with van der Waals surface area (Å²) in [5.74, 6) is 0. The van der Waals surface area contributed by atoms with E-state index in [1.807, 2.05) is 0 Å². The molecule has 2 nitrogen and oxygen atoms in total. The van der Waals surface area contributed by atoms with E-state index in [2.05, 4.69) is 54.2 Å². The van der Waals surface area contributed by atoms with E-state index >= 15 is 0 Å². The number of hydrogen-bond acceptors (Lipinski definition) is 1. The van der Waals surface area contributed by atoms with Crippen LogP contribution in [0, 0.1) is 11.8 Å². The lowest BCUT2D eigenvalue weighted by Gasteiger charge is -1.93. The Kier molecular flexibility index (Phi) is 2.99. The molecule has 0 radical (unpaired) electrons. The average Bonchev–Trinajstić information content (AvgIpc) is 2.22. The summed E-state index contributed by atoms with van der Waals surface area (Å²) in [5.41, 5.74) is 1.27. The zero-order valence-electron chi connectivity index (χ0n) is 7.44. The van der Waals surface area contributed by atoms with Crippen LogP contribution in [0.3, 0.4) is 0 Å². The Hall–Kier alpha value is -1.88. The lowest BCUT2D eigenvalue weighted by Crippen LogP contribution is -2.27. The molecule has 2 aromatic rings. The zero-order valence-corrected chi connectivity index (χ0v) is 7.44. The van der Waals surface area contributed by atoms with Crippen molar-refractivity contribution in [3.63, 3.8) is 0 Å². The molecule has 64 valence electrons. The van der Waals surface area contributed by atoms with E-state index in [-0.39, 0.29) is 0 Å². The molecule has 0 saturated heterocycles. The first-order chi connectivity index (χ1) is 6.38. The molecule has 0 saturated carbocycles. The summed E-state index contributed by atoms with van der Waals surface area (Å²) in [4.78, 5) is 0. The molecule has 1 aromatic carbocycles. The van der Waals surface area contributed by atoms with Crippen LogP contribution in [0.4, 0.5) is 0 Å². The third-order valence-corrected chi connectivity index (χ3v) is 1.90. The van der Waals surface area contributed by atoms with E-state index in [0.29, 0.717) is 0 Å². The third kappa shape index (κ3) is 1.83. The van der Waals surface area contributed by atoms with Gasteiger partial charge in [-0.1, -0.05) is 12.1 Å². The quantitative estimate of drug-likeness (QED) is 0.437. The van der Waals surface area contributed by atoms with Crippen LogP contribution in [-0.4, -0.2) is 0 Å². The summed E-state index contributed by atoms with van der Waals surface area (Å²) in [7, 11) is 2.06. The first-order valence-electron chi connectivity index (χ1n) is 3.94. The molecule has 2 heteroatoms. The molecular weight excluding hydrogens is 160 g/mol. The van der Waals surface area contributed by atoms with Gasteiger partial charge in [0, 0.05) is 17.5 Å². The maximum Gasteiger partial charge on any atom is 0.212 e. The summed E-state index contributed by atoms with van der Waals surface area (Å²) in [5, 5.41) is 7.54. The number of fused-ring (bicyclic) bond motifs is 1. The van der Waals surface area contributed by atoms with Gasteiger partial charge in [0.05, 0.1) is 0 Å². The fraction of sp³-hybridized carbons (Fsp3) is 0.0909. The van der Waals surface area contributed by atoms with E-state index in [1.54, 1.807) is 0 Å². The molecule has 2 rings (SSSR count). The van der Waals surface area contributed by atoms with E-state index in [4.69, 9.17) is 11.8 Å². The molecule has 13 heavy (non-hydrogen) atoms. The lowest BCUT2D eigenvalue weighted by molar-refractivity contribution is -0.644. The normalized spacial score (nSPS) is 8.85. The monoisotopic (exact) mass is 170 g/mol. The van der Waals surface area contributed by atoms with Gasteiger partial charge < -0.3 is 11.8 Å². The largest absolute Gasteiger partial charge is 0.512 e. The summed E-state index contributed by atoms with van der Waals surface area (Å²) < 4.78 is 2.12. The van der Waals surface area contributed by atoms with Crippen LogP contribution in [0.1, 0.15) is 0 Å². The molecule has 1 aromatic heterocycles. The molecule has 0 bridgehead atoms. The summed E-state index contributed by atoms with van der Waals surface area (Å²) in [6.45, 7) is 4.75. The zero-order chi connectivity index (χ0) is 9.68. The van der Waals surface area contributed by atoms with Crippen LogP contribution in [0.5, 0.6) is 0 Å². The predicted octanol–water partition coefficient (Wildman–Crippen LogP) is 1.76. The van der Waals surface area contributed by atoms with Crippen LogP contribution < -0.4 is 4.57 Å². The molecule has 0 atom stereocenters. The van der Waals surface area contributed by atoms with Gasteiger partial charge in [-0.2, -0.15) is 0 Å². The molecule has 0 aliphatic rings. The number of pyridine rings is 1. The number of hydrogen-bond donors (Lipinski definition) is 0. The number of rotatable bonds is 0. The maximum atomic E-state index is 6.25. The van der Waals surface area contributed by atoms with E-state index in [1.165, 1.54) is 10.9 Å². The van der Waals surface area contributed by atoms with Crippen molar-refractivity contribution in [3.8, 4) is 0 Å². The molecule has 0 amide bonds. The van der Waals surface area contributed by atoms with Crippen molar-refractivity contribution in [2.24, 2.45) is 7.05 Å². The fourth-order valence-electron chi connectivity index (χ4n) is 1.31. The highest BCUT2D eigenvalue weighted by molar-refractivity contribution is 5.74. The van der Waals surface area contributed by atoms with Gasteiger partial charge in [-0.25, -0.2) is 4.57 Å². The lowest BCUT2D eigenvalue weighted by atomic mass is 10.2. The van der Waals surface area contributed by atoms with Gasteiger partial charge >= 0.3 is 0 Å². The van der Waals surface area contributed by atoms with Gasteiger partial charge in [0.25, 0.3) is 0 Å². The number of benzene rings is 1. The second-order valence-electron chi connectivity index (χ2n) is 2.68. The fourth-order valence-corrected chi connectivity index (χ4v) is 1.31. The molecule has 0 unspecified atom stereocenters. The van der Waals surface area contributed by atoms with Crippen molar-refractivity contribution in [2.75, 3.05) is 0 Å². The van der Waals surface area contributed by atoms with Gasteiger partial charge in [-0.3, -0.25) is 0 Å². The van der Waals surface area contributed by atoms with Crippen LogP contribution >= 0.6 is 0 Å². The van der Waals surface area contributed by atoms with Crippen LogP contribution in [0.15, 0.2) is 42.6 Å². The molecule has 0 spiro atoms. The van der Waals surface area contributed by atoms with Gasteiger partial charge in [0.2, 0.25) is 5.52 Å². The van der Waals surface area contributed by atoms with Gasteiger partial charge in [0.15, 0.2) is 6.20 Å². The molecule has 0 N–H and O–H groups in total. The molecule has 1 heterocycles. The maximum absolute atomic E-state index is 6.25. The van der Waals surface area contributed by atoms with Crippen molar-refractivity contribution in [2.45, 2.75) is 0 Å². The highest BCUT2D eigenvalue weighted by Gasteiger charge is 1.99. The molecular formula is C11H10N2. The van der Waals surface area contributed by atoms with Crippen molar-refractivity contribution in [1.82, 2.24) is 0 Å². The van der Waals surface area contributed by atoms with Gasteiger partial charge in [0.1, 0.15) is 7.05 Å². The third-order valence-electron chi connectivity index (χ3n) is 1.90. The van der Waals surface area contributed by atoms with Crippen LogP contribution in [0.2, 0.25) is 0 Å². The number of aromatic nitrogens is 1. The Balaban J connectivity index is 0.000000396. The van der Waals surface area contributed by atoms with Crippen molar-refractivity contribution in [1.29, 1.82) is 5.26 Å². The van der Waals surface area contributed by atoms with Crippen LogP contribution in [0.25, 0.3) is 10.9 Å².